The Morgan fingerprint density at radius 1 is 1.20 bits per heavy atom. The van der Waals surface area contributed by atoms with Crippen LogP contribution in [-0.4, -0.2) is 34.5 Å². The fourth-order valence-corrected chi connectivity index (χ4v) is 0.250. The molecule has 0 aliphatic carbocycles. The van der Waals surface area contributed by atoms with E-state index in [1.807, 2.05) is 13.1 Å². The number of aliphatic hydroxyl groups is 1. The van der Waals surface area contributed by atoms with E-state index in [0.29, 0.717) is 0 Å². The molecule has 0 rings (SSSR count). The molecule has 3 nitrogen and oxygen atoms in total. The minimum Gasteiger partial charge on any atom is -0.398 e. The summed E-state index contributed by atoms with van der Waals surface area (Å²) in [5, 5.41) is 7.57. The monoisotopic (exact) mass is 166 g/mol. The van der Waals surface area contributed by atoms with Crippen LogP contribution in [0.3, 0.4) is 0 Å². The predicted molar refractivity (Wildman–Crippen MR) is 44.3 cm³/mol. The van der Waals surface area contributed by atoms with E-state index in [-0.39, 0.29) is 6.61 Å². The summed E-state index contributed by atoms with van der Waals surface area (Å²) in [5.74, 6) is 0. The molecule has 0 aromatic rings. The van der Waals surface area contributed by atoms with E-state index in [0.717, 1.165) is 0 Å². The van der Waals surface area contributed by atoms with Crippen LogP contribution >= 0.6 is 0 Å². The van der Waals surface area contributed by atoms with E-state index in [1.54, 1.807) is 21.1 Å². The highest BCUT2D eigenvalue weighted by molar-refractivity contribution is 6.64. The molecular formula is C6H18O3Si. The quantitative estimate of drug-likeness (QED) is 0.621. The Balaban J connectivity index is 0. The summed E-state index contributed by atoms with van der Waals surface area (Å²) in [5.41, 5.74) is 0. The second kappa shape index (κ2) is 7.21. The minimum atomic E-state index is -1.65. The van der Waals surface area contributed by atoms with Gasteiger partial charge in [0, 0.05) is 20.8 Å². The molecule has 0 saturated heterocycles. The van der Waals surface area contributed by atoms with Gasteiger partial charge in [0.05, 0.1) is 0 Å². The van der Waals surface area contributed by atoms with Gasteiger partial charge in [0.2, 0.25) is 0 Å². The lowest BCUT2D eigenvalue weighted by Crippen LogP contribution is -2.31. The van der Waals surface area contributed by atoms with Crippen LogP contribution in [0.5, 0.6) is 0 Å². The van der Waals surface area contributed by atoms with Gasteiger partial charge < -0.3 is 14.0 Å². The number of aliphatic hydroxyl groups excluding tert-OH is 1. The van der Waals surface area contributed by atoms with Crippen molar-refractivity contribution < 1.29 is 14.0 Å². The van der Waals surface area contributed by atoms with E-state index >= 15 is 0 Å². The third-order valence-corrected chi connectivity index (χ3v) is 2.95. The zero-order valence-corrected chi connectivity index (χ0v) is 8.47. The van der Waals surface area contributed by atoms with Gasteiger partial charge in [-0.2, -0.15) is 0 Å². The average molecular weight is 166 g/mol. The molecule has 0 atom stereocenters. The molecule has 1 N–H and O–H groups in total. The van der Waals surface area contributed by atoms with Gasteiger partial charge in [-0.05, 0) is 20.0 Å². The van der Waals surface area contributed by atoms with Gasteiger partial charge in [-0.3, -0.25) is 0 Å². The summed E-state index contributed by atoms with van der Waals surface area (Å²) >= 11 is 0. The van der Waals surface area contributed by atoms with Crippen molar-refractivity contribution in [2.75, 3.05) is 20.8 Å². The second-order valence-electron chi connectivity index (χ2n) is 2.12. The Bertz CT molecular complexity index is 60.0. The first-order valence-corrected chi connectivity index (χ1v) is 6.06. The molecule has 0 spiro atoms. The van der Waals surface area contributed by atoms with E-state index in [4.69, 9.17) is 14.0 Å². The van der Waals surface area contributed by atoms with Gasteiger partial charge in [-0.1, -0.05) is 0 Å². The Hall–Kier alpha value is 0.0969. The number of rotatable bonds is 2. The number of hydrogen-bond acceptors (Lipinski definition) is 3. The Kier molecular flexibility index (Phi) is 9.19. The van der Waals surface area contributed by atoms with Gasteiger partial charge >= 0.3 is 8.56 Å². The molecule has 64 valence electrons. The zero-order chi connectivity index (χ0) is 8.62. The van der Waals surface area contributed by atoms with E-state index in [1.165, 1.54) is 0 Å². The summed E-state index contributed by atoms with van der Waals surface area (Å²) in [4.78, 5) is 0. The molecule has 0 unspecified atom stereocenters. The van der Waals surface area contributed by atoms with Crippen molar-refractivity contribution in [3.63, 3.8) is 0 Å². The SMILES string of the molecule is CCO.CO[Si](C)(C)OC. The molecule has 4 heteroatoms. The van der Waals surface area contributed by atoms with Gasteiger partial charge in [0.1, 0.15) is 0 Å². The van der Waals surface area contributed by atoms with Crippen LogP contribution in [0.15, 0.2) is 0 Å². The largest absolute Gasteiger partial charge is 0.398 e. The lowest BCUT2D eigenvalue weighted by molar-refractivity contribution is 0.258. The molecule has 0 aromatic heterocycles. The lowest BCUT2D eigenvalue weighted by atomic mass is 10.9. The standard InChI is InChI=1S/C4H12O2Si.C2H6O/c1-5-7(3,4)6-2;1-2-3/h1-4H3;3H,2H2,1H3. The van der Waals surface area contributed by atoms with Crippen molar-refractivity contribution in [1.29, 1.82) is 0 Å². The highest BCUT2D eigenvalue weighted by Crippen LogP contribution is 1.99. The molecular weight excluding hydrogens is 148 g/mol. The second-order valence-corrected chi connectivity index (χ2v) is 5.74. The molecule has 0 radical (unpaired) electrons. The fraction of sp³-hybridized carbons (Fsp3) is 1.00. The molecule has 0 aliphatic heterocycles. The first kappa shape index (κ1) is 12.7. The van der Waals surface area contributed by atoms with Crippen molar-refractivity contribution >= 4 is 8.56 Å². The maximum absolute atomic E-state index is 7.57. The first-order chi connectivity index (χ1) is 4.54. The lowest BCUT2D eigenvalue weighted by Gasteiger charge is -2.15. The Morgan fingerprint density at radius 2 is 1.40 bits per heavy atom. The van der Waals surface area contributed by atoms with Gasteiger partial charge in [0.25, 0.3) is 0 Å². The van der Waals surface area contributed by atoms with E-state index in [2.05, 4.69) is 0 Å². The molecule has 0 saturated carbocycles. The van der Waals surface area contributed by atoms with E-state index < -0.39 is 8.56 Å². The normalized spacial score (nSPS) is 10.2. The molecule has 0 amide bonds. The third kappa shape index (κ3) is 11.0. The summed E-state index contributed by atoms with van der Waals surface area (Å²) in [6.45, 7) is 5.92. The van der Waals surface area contributed by atoms with Gasteiger partial charge in [-0.15, -0.1) is 0 Å². The number of hydrogen-bond donors (Lipinski definition) is 1. The predicted octanol–water partition coefficient (Wildman–Crippen LogP) is 0.980. The highest BCUT2D eigenvalue weighted by atomic mass is 28.4. The van der Waals surface area contributed by atoms with Crippen LogP contribution in [0.4, 0.5) is 0 Å². The average Bonchev–Trinajstić information content (AvgIpc) is 1.90. The summed E-state index contributed by atoms with van der Waals surface area (Å²) < 4.78 is 10.0. The van der Waals surface area contributed by atoms with Crippen molar-refractivity contribution in [1.82, 2.24) is 0 Å². The van der Waals surface area contributed by atoms with Crippen LogP contribution in [-0.2, 0) is 8.85 Å². The van der Waals surface area contributed by atoms with Crippen LogP contribution in [0.2, 0.25) is 13.1 Å². The van der Waals surface area contributed by atoms with Crippen LogP contribution in [0.25, 0.3) is 0 Å². The summed E-state index contributed by atoms with van der Waals surface area (Å²) in [7, 11) is 1.70. The van der Waals surface area contributed by atoms with E-state index in [9.17, 15) is 0 Å². The van der Waals surface area contributed by atoms with Crippen molar-refractivity contribution in [2.45, 2.75) is 20.0 Å². The first-order valence-electron chi connectivity index (χ1n) is 3.25. The Labute approximate surface area is 64.2 Å². The summed E-state index contributed by atoms with van der Waals surface area (Å²) in [6, 6.07) is 0. The molecule has 0 heterocycles. The highest BCUT2D eigenvalue weighted by Gasteiger charge is 2.19. The van der Waals surface area contributed by atoms with Crippen LogP contribution < -0.4 is 0 Å². The summed E-state index contributed by atoms with van der Waals surface area (Å²) in [6.07, 6.45) is 0. The fourth-order valence-electron chi connectivity index (χ4n) is 0.0833. The molecule has 0 aliphatic rings. The molecule has 0 aromatic carbocycles. The Morgan fingerprint density at radius 3 is 1.40 bits per heavy atom. The molecule has 0 bridgehead atoms. The van der Waals surface area contributed by atoms with Crippen molar-refractivity contribution in [3.05, 3.63) is 0 Å². The van der Waals surface area contributed by atoms with Crippen LogP contribution in [0, 0.1) is 0 Å². The minimum absolute atomic E-state index is 0.250. The topological polar surface area (TPSA) is 38.7 Å². The zero-order valence-electron chi connectivity index (χ0n) is 7.47. The van der Waals surface area contributed by atoms with Crippen LogP contribution in [0.1, 0.15) is 6.92 Å². The van der Waals surface area contributed by atoms with Crippen molar-refractivity contribution in [2.24, 2.45) is 0 Å². The molecule has 10 heavy (non-hydrogen) atoms. The smallest absolute Gasteiger partial charge is 0.331 e. The maximum Gasteiger partial charge on any atom is 0.331 e. The third-order valence-electron chi connectivity index (χ3n) is 0.983. The molecule has 0 fully saturated rings. The van der Waals surface area contributed by atoms with Gasteiger partial charge in [0.15, 0.2) is 0 Å². The maximum atomic E-state index is 7.57. The van der Waals surface area contributed by atoms with Gasteiger partial charge in [-0.25, -0.2) is 0 Å². The van der Waals surface area contributed by atoms with Crippen molar-refractivity contribution in [3.8, 4) is 0 Å².